The number of aliphatic imine (C=N–C) groups is 1. The van der Waals surface area contributed by atoms with E-state index in [1.807, 2.05) is 18.0 Å². The lowest BCUT2D eigenvalue weighted by atomic mass is 9.86. The summed E-state index contributed by atoms with van der Waals surface area (Å²) in [6.45, 7) is 9.25. The van der Waals surface area contributed by atoms with Crippen molar-refractivity contribution >= 4 is 18.2 Å². The second kappa shape index (κ2) is 12.2. The van der Waals surface area contributed by atoms with Crippen molar-refractivity contribution in [2.45, 2.75) is 96.6 Å². The highest BCUT2D eigenvalue weighted by molar-refractivity contribution is 5.77. The van der Waals surface area contributed by atoms with E-state index in [4.69, 9.17) is 4.74 Å². The molecule has 4 aliphatic rings. The van der Waals surface area contributed by atoms with Crippen LogP contribution in [0.4, 0.5) is 4.79 Å². The monoisotopic (exact) mass is 472 g/mol. The van der Waals surface area contributed by atoms with Crippen molar-refractivity contribution in [1.29, 1.82) is 0 Å². The fraction of sp³-hybridized carbons (Fsp3) is 0.815. The number of amides is 2. The number of piperidine rings is 1. The molecule has 2 unspecified atom stereocenters. The van der Waals surface area contributed by atoms with Gasteiger partial charge in [-0.25, -0.2) is 4.79 Å². The van der Waals surface area contributed by atoms with Gasteiger partial charge < -0.3 is 19.4 Å². The highest BCUT2D eigenvalue weighted by atomic mass is 16.6. The maximum absolute atomic E-state index is 13.1. The molecule has 0 N–H and O–H groups in total. The van der Waals surface area contributed by atoms with Crippen molar-refractivity contribution in [3.8, 4) is 0 Å². The molecule has 7 heteroatoms. The molecule has 0 aromatic carbocycles. The van der Waals surface area contributed by atoms with E-state index in [9.17, 15) is 9.59 Å². The van der Waals surface area contributed by atoms with Gasteiger partial charge in [0.15, 0.2) is 0 Å². The molecular formula is C27H44N4O3. The summed E-state index contributed by atoms with van der Waals surface area (Å²) >= 11 is 0. The van der Waals surface area contributed by atoms with Crippen LogP contribution in [0.5, 0.6) is 0 Å². The molecule has 0 radical (unpaired) electrons. The van der Waals surface area contributed by atoms with Crippen LogP contribution in [0.25, 0.3) is 0 Å². The summed E-state index contributed by atoms with van der Waals surface area (Å²) in [6, 6.07) is 0.988. The summed E-state index contributed by atoms with van der Waals surface area (Å²) in [6.07, 6.45) is 13.2. The van der Waals surface area contributed by atoms with Crippen molar-refractivity contribution in [2.24, 2.45) is 10.9 Å². The van der Waals surface area contributed by atoms with E-state index < -0.39 is 0 Å². The molecule has 2 amide bonds. The van der Waals surface area contributed by atoms with Crippen LogP contribution in [0, 0.1) is 5.92 Å². The van der Waals surface area contributed by atoms with E-state index in [0.717, 1.165) is 89.8 Å². The van der Waals surface area contributed by atoms with Crippen molar-refractivity contribution in [2.75, 3.05) is 39.3 Å². The van der Waals surface area contributed by atoms with Crippen LogP contribution in [0.3, 0.4) is 0 Å². The van der Waals surface area contributed by atoms with Crippen molar-refractivity contribution < 1.29 is 14.3 Å². The molecule has 0 aliphatic carbocycles. The van der Waals surface area contributed by atoms with Gasteiger partial charge in [0.2, 0.25) is 5.91 Å². The van der Waals surface area contributed by atoms with Crippen LogP contribution < -0.4 is 0 Å². The first-order valence-corrected chi connectivity index (χ1v) is 13.7. The number of carbonyl (C=O) groups is 2. The average molecular weight is 473 g/mol. The van der Waals surface area contributed by atoms with Gasteiger partial charge in [-0.3, -0.25) is 9.79 Å². The van der Waals surface area contributed by atoms with Gasteiger partial charge in [-0.1, -0.05) is 5.57 Å². The Hall–Kier alpha value is -1.89. The predicted molar refractivity (Wildman–Crippen MR) is 135 cm³/mol. The van der Waals surface area contributed by atoms with E-state index in [1.165, 1.54) is 18.4 Å². The average Bonchev–Trinajstić information content (AvgIpc) is 3.21. The van der Waals surface area contributed by atoms with E-state index in [2.05, 4.69) is 21.7 Å². The molecule has 0 aromatic heterocycles. The Morgan fingerprint density at radius 2 is 1.82 bits per heavy atom. The third-order valence-electron chi connectivity index (χ3n) is 8.44. The number of ether oxygens (including phenoxy) is 1. The van der Waals surface area contributed by atoms with Gasteiger partial charge in [-0.05, 0) is 97.1 Å². The Kier molecular flexibility index (Phi) is 9.04. The van der Waals surface area contributed by atoms with E-state index in [1.54, 1.807) is 0 Å². The zero-order valence-corrected chi connectivity index (χ0v) is 21.3. The van der Waals surface area contributed by atoms with Crippen molar-refractivity contribution in [1.82, 2.24) is 14.7 Å². The largest absolute Gasteiger partial charge is 0.450 e. The van der Waals surface area contributed by atoms with E-state index in [-0.39, 0.29) is 6.09 Å². The number of carbonyl (C=O) groups excluding carboxylic acids is 2. The molecule has 190 valence electrons. The Balaban J connectivity index is 1.24. The molecule has 4 aliphatic heterocycles. The Labute approximate surface area is 205 Å². The molecule has 0 bridgehead atoms. The standard InChI is InChI=1S/C27H44N4O3/c1-3-34-27(33)30-16-5-8-23(14-20-30)29-18-12-22(13-19-29)25-9-6-17-31(25)26(32)11-10-24-21(2)7-4-15-28-24/h15,22-23,25H,3-14,16-20H2,1-2H3. The molecule has 0 aromatic rings. The predicted octanol–water partition coefficient (Wildman–Crippen LogP) is 4.62. The van der Waals surface area contributed by atoms with Crippen LogP contribution >= 0.6 is 0 Å². The van der Waals surface area contributed by atoms with Gasteiger partial charge >= 0.3 is 6.09 Å². The minimum absolute atomic E-state index is 0.158. The summed E-state index contributed by atoms with van der Waals surface area (Å²) < 4.78 is 5.21. The highest BCUT2D eigenvalue weighted by Gasteiger charge is 2.37. The molecule has 34 heavy (non-hydrogen) atoms. The first-order valence-electron chi connectivity index (χ1n) is 13.7. The fourth-order valence-corrected chi connectivity index (χ4v) is 6.46. The van der Waals surface area contributed by atoms with Crippen LogP contribution in [0.15, 0.2) is 16.3 Å². The zero-order chi connectivity index (χ0) is 23.9. The maximum atomic E-state index is 13.1. The summed E-state index contributed by atoms with van der Waals surface area (Å²) in [5, 5.41) is 0. The number of hydrogen-bond donors (Lipinski definition) is 0. The second-order valence-corrected chi connectivity index (χ2v) is 10.5. The highest BCUT2D eigenvalue weighted by Crippen LogP contribution is 2.33. The Bertz CT molecular complexity index is 772. The van der Waals surface area contributed by atoms with Gasteiger partial charge in [0.1, 0.15) is 0 Å². The fourth-order valence-electron chi connectivity index (χ4n) is 6.46. The normalized spacial score (nSPS) is 27.2. The number of hydrogen-bond acceptors (Lipinski definition) is 5. The lowest BCUT2D eigenvalue weighted by molar-refractivity contribution is -0.133. The summed E-state index contributed by atoms with van der Waals surface area (Å²) in [4.78, 5) is 36.5. The molecule has 3 saturated heterocycles. The third-order valence-corrected chi connectivity index (χ3v) is 8.44. The SMILES string of the molecule is CCOC(=O)N1CCCC(N2CCC(C3CCCN3C(=O)CCC3=C(C)CCC=N3)CC2)CC1. The van der Waals surface area contributed by atoms with Crippen molar-refractivity contribution in [3.63, 3.8) is 0 Å². The number of allylic oxidation sites excluding steroid dienone is 2. The van der Waals surface area contributed by atoms with Crippen LogP contribution in [-0.2, 0) is 9.53 Å². The molecule has 3 fully saturated rings. The Morgan fingerprint density at radius 1 is 1.03 bits per heavy atom. The molecule has 4 heterocycles. The van der Waals surface area contributed by atoms with Crippen LogP contribution in [0.1, 0.15) is 84.5 Å². The number of likely N-dealkylation sites (tertiary alicyclic amines) is 3. The molecule has 7 nitrogen and oxygen atoms in total. The molecule has 0 saturated carbocycles. The number of nitrogens with zero attached hydrogens (tertiary/aromatic N) is 4. The number of rotatable bonds is 6. The molecular weight excluding hydrogens is 428 g/mol. The lowest BCUT2D eigenvalue weighted by Crippen LogP contribution is -2.47. The second-order valence-electron chi connectivity index (χ2n) is 10.5. The van der Waals surface area contributed by atoms with Gasteiger partial charge in [-0.2, -0.15) is 0 Å². The van der Waals surface area contributed by atoms with Gasteiger partial charge in [0.05, 0.1) is 6.61 Å². The first-order chi connectivity index (χ1) is 16.6. The summed E-state index contributed by atoms with van der Waals surface area (Å²) in [7, 11) is 0. The molecule has 0 spiro atoms. The van der Waals surface area contributed by atoms with Gasteiger partial charge in [-0.15, -0.1) is 0 Å². The molecule has 2 atom stereocenters. The first kappa shape index (κ1) is 25.2. The minimum Gasteiger partial charge on any atom is -0.450 e. The van der Waals surface area contributed by atoms with Crippen LogP contribution in [0.2, 0.25) is 0 Å². The Morgan fingerprint density at radius 3 is 2.59 bits per heavy atom. The maximum Gasteiger partial charge on any atom is 0.409 e. The third kappa shape index (κ3) is 6.21. The van der Waals surface area contributed by atoms with Crippen molar-refractivity contribution in [3.05, 3.63) is 11.3 Å². The topological polar surface area (TPSA) is 65.5 Å². The summed E-state index contributed by atoms with van der Waals surface area (Å²) in [5.74, 6) is 0.951. The smallest absolute Gasteiger partial charge is 0.409 e. The molecule has 4 rings (SSSR count). The van der Waals surface area contributed by atoms with Gasteiger partial charge in [0.25, 0.3) is 0 Å². The van der Waals surface area contributed by atoms with Gasteiger partial charge in [0, 0.05) is 50.1 Å². The zero-order valence-electron chi connectivity index (χ0n) is 21.3. The van der Waals surface area contributed by atoms with E-state index in [0.29, 0.717) is 36.9 Å². The minimum atomic E-state index is -0.158. The summed E-state index contributed by atoms with van der Waals surface area (Å²) in [5.41, 5.74) is 2.48. The quantitative estimate of drug-likeness (QED) is 0.566. The lowest BCUT2D eigenvalue weighted by Gasteiger charge is -2.41. The van der Waals surface area contributed by atoms with Crippen LogP contribution in [-0.4, -0.2) is 84.3 Å². The van der Waals surface area contributed by atoms with E-state index >= 15 is 0 Å².